The zero-order valence-electron chi connectivity index (χ0n) is 18.3. The van der Waals surface area contributed by atoms with Crippen LogP contribution in [0.1, 0.15) is 60.3 Å². The van der Waals surface area contributed by atoms with Gasteiger partial charge in [-0.15, -0.1) is 0 Å². The molecule has 1 aliphatic rings. The number of aliphatic imine (C=N–C) groups is 1. The van der Waals surface area contributed by atoms with Gasteiger partial charge in [-0.25, -0.2) is 4.79 Å². The molecular weight excluding hydrogens is 358 g/mol. The molecule has 1 heterocycles. The topological polar surface area (TPSA) is 86.3 Å². The maximum Gasteiger partial charge on any atom is 0.410 e. The first-order valence-corrected chi connectivity index (χ1v) is 10.5. The van der Waals surface area contributed by atoms with E-state index in [4.69, 9.17) is 4.74 Å². The van der Waals surface area contributed by atoms with E-state index >= 15 is 0 Å². The fraction of sp³-hybridized carbons (Fsp3) is 0.850. The second-order valence-electron chi connectivity index (χ2n) is 7.99. The molecule has 1 rings (SSSR count). The lowest BCUT2D eigenvalue weighted by molar-refractivity contribution is -0.127. The Morgan fingerprint density at radius 1 is 1.25 bits per heavy atom. The van der Waals surface area contributed by atoms with Crippen molar-refractivity contribution in [1.82, 2.24) is 20.4 Å². The SMILES string of the molecule is CCCN(CCNC(=NCCCN1CCCC1=O)NCC)C(=O)OC(C)(C)C. The highest BCUT2D eigenvalue weighted by Crippen LogP contribution is 2.10. The number of nitrogens with one attached hydrogen (secondary N) is 2. The van der Waals surface area contributed by atoms with Crippen LogP contribution in [0.3, 0.4) is 0 Å². The highest BCUT2D eigenvalue weighted by atomic mass is 16.6. The monoisotopic (exact) mass is 397 g/mol. The van der Waals surface area contributed by atoms with Crippen LogP contribution in [0.15, 0.2) is 4.99 Å². The van der Waals surface area contributed by atoms with Crippen molar-refractivity contribution in [3.05, 3.63) is 0 Å². The van der Waals surface area contributed by atoms with Gasteiger partial charge in [-0.3, -0.25) is 9.79 Å². The number of hydrogen-bond donors (Lipinski definition) is 2. The molecule has 8 nitrogen and oxygen atoms in total. The van der Waals surface area contributed by atoms with Gasteiger partial charge in [0.25, 0.3) is 0 Å². The Morgan fingerprint density at radius 3 is 2.57 bits per heavy atom. The molecule has 2 amide bonds. The van der Waals surface area contributed by atoms with Crippen molar-refractivity contribution in [3.63, 3.8) is 0 Å². The van der Waals surface area contributed by atoms with Crippen LogP contribution in [-0.2, 0) is 9.53 Å². The molecule has 1 aliphatic heterocycles. The first kappa shape index (κ1) is 24.0. The average molecular weight is 398 g/mol. The summed E-state index contributed by atoms with van der Waals surface area (Å²) >= 11 is 0. The van der Waals surface area contributed by atoms with E-state index in [-0.39, 0.29) is 12.0 Å². The zero-order chi connectivity index (χ0) is 21.0. The summed E-state index contributed by atoms with van der Waals surface area (Å²) in [4.78, 5) is 32.1. The van der Waals surface area contributed by atoms with Crippen molar-refractivity contribution >= 4 is 18.0 Å². The summed E-state index contributed by atoms with van der Waals surface area (Å²) in [7, 11) is 0. The van der Waals surface area contributed by atoms with Gasteiger partial charge in [-0.05, 0) is 47.0 Å². The van der Waals surface area contributed by atoms with Crippen molar-refractivity contribution in [2.45, 2.75) is 65.9 Å². The van der Waals surface area contributed by atoms with Crippen molar-refractivity contribution < 1.29 is 14.3 Å². The summed E-state index contributed by atoms with van der Waals surface area (Å²) in [5.74, 6) is 0.989. The lowest BCUT2D eigenvalue weighted by atomic mass is 10.2. The van der Waals surface area contributed by atoms with E-state index in [0.717, 1.165) is 44.9 Å². The van der Waals surface area contributed by atoms with Crippen LogP contribution < -0.4 is 10.6 Å². The molecule has 0 aromatic rings. The van der Waals surface area contributed by atoms with E-state index in [1.54, 1.807) is 4.90 Å². The molecular formula is C20H39N5O3. The van der Waals surface area contributed by atoms with Gasteiger partial charge in [0.15, 0.2) is 5.96 Å². The largest absolute Gasteiger partial charge is 0.444 e. The van der Waals surface area contributed by atoms with Gasteiger partial charge in [0.05, 0.1) is 0 Å². The quantitative estimate of drug-likeness (QED) is 0.335. The summed E-state index contributed by atoms with van der Waals surface area (Å²) in [6, 6.07) is 0. The molecule has 0 aliphatic carbocycles. The highest BCUT2D eigenvalue weighted by molar-refractivity contribution is 5.80. The number of carbonyl (C=O) groups is 2. The maximum atomic E-state index is 12.3. The molecule has 162 valence electrons. The molecule has 0 bridgehead atoms. The van der Waals surface area contributed by atoms with Crippen molar-refractivity contribution in [2.24, 2.45) is 4.99 Å². The zero-order valence-corrected chi connectivity index (χ0v) is 18.3. The highest BCUT2D eigenvalue weighted by Gasteiger charge is 2.21. The Hall–Kier alpha value is -1.99. The minimum atomic E-state index is -0.496. The molecule has 8 heteroatoms. The third-order valence-electron chi connectivity index (χ3n) is 4.19. The van der Waals surface area contributed by atoms with Crippen LogP contribution in [0, 0.1) is 0 Å². The Labute approximate surface area is 170 Å². The van der Waals surface area contributed by atoms with Gasteiger partial charge in [0.2, 0.25) is 5.91 Å². The predicted octanol–water partition coefficient (Wildman–Crippen LogP) is 2.20. The molecule has 2 N–H and O–H groups in total. The summed E-state index contributed by atoms with van der Waals surface area (Å²) in [5, 5.41) is 6.49. The Morgan fingerprint density at radius 2 is 2.00 bits per heavy atom. The average Bonchev–Trinajstić information content (AvgIpc) is 3.01. The third kappa shape index (κ3) is 9.80. The third-order valence-corrected chi connectivity index (χ3v) is 4.19. The second kappa shape index (κ2) is 12.5. The summed E-state index contributed by atoms with van der Waals surface area (Å²) in [5.41, 5.74) is -0.496. The molecule has 0 aromatic heterocycles. The molecule has 0 unspecified atom stereocenters. The number of guanidine groups is 1. The van der Waals surface area contributed by atoms with Gasteiger partial charge in [-0.1, -0.05) is 6.92 Å². The van der Waals surface area contributed by atoms with E-state index in [2.05, 4.69) is 15.6 Å². The van der Waals surface area contributed by atoms with Crippen LogP contribution in [0.4, 0.5) is 4.79 Å². The van der Waals surface area contributed by atoms with Crippen LogP contribution in [0.5, 0.6) is 0 Å². The minimum Gasteiger partial charge on any atom is -0.444 e. The Balaban J connectivity index is 2.42. The molecule has 1 fully saturated rings. The van der Waals surface area contributed by atoms with E-state index in [9.17, 15) is 9.59 Å². The number of carbonyl (C=O) groups excluding carboxylic acids is 2. The van der Waals surface area contributed by atoms with Gasteiger partial charge in [0.1, 0.15) is 5.60 Å². The summed E-state index contributed by atoms with van der Waals surface area (Å²) in [6.07, 6.45) is 3.09. The van der Waals surface area contributed by atoms with E-state index in [1.165, 1.54) is 0 Å². The molecule has 0 saturated carbocycles. The van der Waals surface area contributed by atoms with Crippen molar-refractivity contribution in [3.8, 4) is 0 Å². The van der Waals surface area contributed by atoms with Crippen molar-refractivity contribution in [1.29, 1.82) is 0 Å². The van der Waals surface area contributed by atoms with Crippen LogP contribution in [0.25, 0.3) is 0 Å². The summed E-state index contributed by atoms with van der Waals surface area (Å²) < 4.78 is 5.48. The number of rotatable bonds is 10. The molecule has 28 heavy (non-hydrogen) atoms. The van der Waals surface area contributed by atoms with Gasteiger partial charge in [0, 0.05) is 52.2 Å². The fourth-order valence-corrected chi connectivity index (χ4v) is 2.93. The molecule has 0 radical (unpaired) electrons. The van der Waals surface area contributed by atoms with E-state index in [0.29, 0.717) is 32.6 Å². The van der Waals surface area contributed by atoms with Gasteiger partial charge >= 0.3 is 6.09 Å². The van der Waals surface area contributed by atoms with Crippen molar-refractivity contribution in [2.75, 3.05) is 45.8 Å². The lowest BCUT2D eigenvalue weighted by Gasteiger charge is -2.27. The fourth-order valence-electron chi connectivity index (χ4n) is 2.93. The van der Waals surface area contributed by atoms with Gasteiger partial charge < -0.3 is 25.2 Å². The standard InChI is InChI=1S/C20H39N5O3/c1-6-13-25(19(27)28-20(3,4)5)16-12-23-18(21-7-2)22-11-9-15-24-14-8-10-17(24)26/h6-16H2,1-5H3,(H2,21,22,23). The summed E-state index contributed by atoms with van der Waals surface area (Å²) in [6.45, 7) is 14.6. The van der Waals surface area contributed by atoms with Crippen LogP contribution in [-0.4, -0.2) is 79.2 Å². The number of likely N-dealkylation sites (tertiary alicyclic amines) is 1. The van der Waals surface area contributed by atoms with E-state index < -0.39 is 5.60 Å². The molecule has 0 atom stereocenters. The van der Waals surface area contributed by atoms with Crippen LogP contribution >= 0.6 is 0 Å². The van der Waals surface area contributed by atoms with E-state index in [1.807, 2.05) is 39.5 Å². The van der Waals surface area contributed by atoms with Crippen LogP contribution in [0.2, 0.25) is 0 Å². The Bertz CT molecular complexity index is 516. The number of nitrogens with zero attached hydrogens (tertiary/aromatic N) is 3. The number of hydrogen-bond acceptors (Lipinski definition) is 4. The predicted molar refractivity (Wildman–Crippen MR) is 113 cm³/mol. The normalized spacial score (nSPS) is 15.0. The molecule has 1 saturated heterocycles. The lowest BCUT2D eigenvalue weighted by Crippen LogP contribution is -2.44. The Kier molecular flexibility index (Phi) is 10.7. The number of ether oxygens (including phenoxy) is 1. The molecule has 0 aromatic carbocycles. The minimum absolute atomic E-state index is 0.257. The second-order valence-corrected chi connectivity index (χ2v) is 7.99. The van der Waals surface area contributed by atoms with Gasteiger partial charge in [-0.2, -0.15) is 0 Å². The smallest absolute Gasteiger partial charge is 0.410 e. The first-order chi connectivity index (χ1) is 13.3. The maximum absolute atomic E-state index is 12.3. The molecule has 0 spiro atoms. The number of amides is 2. The first-order valence-electron chi connectivity index (χ1n) is 10.5.